The summed E-state index contributed by atoms with van der Waals surface area (Å²) in [5.74, 6) is 0. The van der Waals surface area contributed by atoms with Crippen LogP contribution in [-0.4, -0.2) is 53.5 Å². The fraction of sp³-hybridized carbons (Fsp3) is 0.833. The summed E-state index contributed by atoms with van der Waals surface area (Å²) < 4.78 is 0. The summed E-state index contributed by atoms with van der Waals surface area (Å²) >= 11 is 0. The van der Waals surface area contributed by atoms with Crippen LogP contribution in [-0.2, 0) is 0 Å². The molecule has 0 radical (unpaired) electrons. The number of carbonyl (C=O) groups is 1. The molecule has 3 N–H and O–H groups in total. The van der Waals surface area contributed by atoms with Crippen molar-refractivity contribution < 1.29 is 15.0 Å². The van der Waals surface area contributed by atoms with E-state index in [4.69, 9.17) is 10.2 Å². The summed E-state index contributed by atoms with van der Waals surface area (Å²) in [6.45, 7) is 1.50. The molecule has 0 aliphatic carbocycles. The van der Waals surface area contributed by atoms with E-state index in [0.717, 1.165) is 0 Å². The van der Waals surface area contributed by atoms with Gasteiger partial charge < -0.3 is 20.4 Å². The standard InChI is InChI=1S/C6H12N2O3.ClH/c9-4-5-3-8(6(10)11)2-1-7-5;/h5,7,9H,1-4H2,(H,10,11);1H/t5-;/m0./s1. The molecule has 1 rings (SSSR count). The van der Waals surface area contributed by atoms with Crippen LogP contribution in [0, 0.1) is 0 Å². The molecule has 0 aromatic rings. The van der Waals surface area contributed by atoms with E-state index in [1.807, 2.05) is 0 Å². The van der Waals surface area contributed by atoms with Crippen LogP contribution >= 0.6 is 12.4 Å². The van der Waals surface area contributed by atoms with Gasteiger partial charge in [-0.15, -0.1) is 12.4 Å². The molecule has 12 heavy (non-hydrogen) atoms. The van der Waals surface area contributed by atoms with Crippen molar-refractivity contribution in [2.45, 2.75) is 6.04 Å². The topological polar surface area (TPSA) is 72.8 Å². The number of hydrogen-bond acceptors (Lipinski definition) is 3. The van der Waals surface area contributed by atoms with Gasteiger partial charge in [0.1, 0.15) is 0 Å². The highest BCUT2D eigenvalue weighted by atomic mass is 35.5. The second-order valence-electron chi connectivity index (χ2n) is 2.56. The van der Waals surface area contributed by atoms with Crippen molar-refractivity contribution in [3.63, 3.8) is 0 Å². The maximum absolute atomic E-state index is 10.4. The van der Waals surface area contributed by atoms with Crippen LogP contribution in [0.15, 0.2) is 0 Å². The molecule has 1 fully saturated rings. The molecule has 5 nitrogen and oxygen atoms in total. The quantitative estimate of drug-likeness (QED) is 0.521. The summed E-state index contributed by atoms with van der Waals surface area (Å²) in [6, 6.07) is -0.0974. The molecule has 0 unspecified atom stereocenters. The number of amides is 1. The van der Waals surface area contributed by atoms with E-state index in [2.05, 4.69) is 5.32 Å². The molecule has 1 heterocycles. The van der Waals surface area contributed by atoms with E-state index in [0.29, 0.717) is 19.6 Å². The Bertz CT molecular complexity index is 156. The van der Waals surface area contributed by atoms with Gasteiger partial charge in [-0.3, -0.25) is 0 Å². The number of aliphatic hydroxyl groups excluding tert-OH is 1. The molecule has 1 aliphatic rings. The van der Waals surface area contributed by atoms with Crippen LogP contribution in [0.25, 0.3) is 0 Å². The minimum Gasteiger partial charge on any atom is -0.465 e. The first kappa shape index (κ1) is 11.5. The van der Waals surface area contributed by atoms with Crippen molar-refractivity contribution in [1.29, 1.82) is 0 Å². The molecule has 6 heteroatoms. The summed E-state index contributed by atoms with van der Waals surface area (Å²) in [5, 5.41) is 20.3. The summed E-state index contributed by atoms with van der Waals surface area (Å²) in [5.41, 5.74) is 0. The second kappa shape index (κ2) is 5.18. The summed E-state index contributed by atoms with van der Waals surface area (Å²) in [7, 11) is 0. The predicted octanol–water partition coefficient (Wildman–Crippen LogP) is -0.648. The van der Waals surface area contributed by atoms with Crippen molar-refractivity contribution in [3.8, 4) is 0 Å². The Morgan fingerprint density at radius 3 is 2.83 bits per heavy atom. The molecule has 72 valence electrons. The number of hydrogen-bond donors (Lipinski definition) is 3. The Balaban J connectivity index is 0.00000121. The number of piperazine rings is 1. The SMILES string of the molecule is Cl.O=C(O)N1CCN[C@H](CO)C1. The van der Waals surface area contributed by atoms with Gasteiger partial charge in [-0.25, -0.2) is 4.79 Å². The Morgan fingerprint density at radius 1 is 1.67 bits per heavy atom. The monoisotopic (exact) mass is 196 g/mol. The van der Waals surface area contributed by atoms with Crippen molar-refractivity contribution in [2.75, 3.05) is 26.2 Å². The normalized spacial score (nSPS) is 23.1. The Morgan fingerprint density at radius 2 is 2.33 bits per heavy atom. The lowest BCUT2D eigenvalue weighted by Crippen LogP contribution is -2.53. The van der Waals surface area contributed by atoms with Gasteiger partial charge in [-0.05, 0) is 0 Å². The number of nitrogens with zero attached hydrogens (tertiary/aromatic N) is 1. The first-order valence-corrected chi connectivity index (χ1v) is 3.56. The van der Waals surface area contributed by atoms with Gasteiger partial charge in [0.15, 0.2) is 0 Å². The molecule has 1 saturated heterocycles. The molecule has 0 spiro atoms. The van der Waals surface area contributed by atoms with Gasteiger partial charge in [0.05, 0.1) is 6.61 Å². The fourth-order valence-electron chi connectivity index (χ4n) is 1.12. The first-order valence-electron chi connectivity index (χ1n) is 3.56. The van der Waals surface area contributed by atoms with Crippen molar-refractivity contribution in [2.24, 2.45) is 0 Å². The number of aliphatic hydroxyl groups is 1. The molecular formula is C6H13ClN2O3. The van der Waals surface area contributed by atoms with Gasteiger partial charge >= 0.3 is 6.09 Å². The lowest BCUT2D eigenvalue weighted by molar-refractivity contribution is 0.115. The van der Waals surface area contributed by atoms with E-state index in [-0.39, 0.29) is 25.1 Å². The highest BCUT2D eigenvalue weighted by Gasteiger charge is 2.21. The first-order chi connectivity index (χ1) is 5.24. The van der Waals surface area contributed by atoms with Crippen LogP contribution in [0.1, 0.15) is 0 Å². The molecule has 1 atom stereocenters. The van der Waals surface area contributed by atoms with Gasteiger partial charge in [-0.1, -0.05) is 0 Å². The van der Waals surface area contributed by atoms with Crippen LogP contribution < -0.4 is 5.32 Å². The zero-order valence-corrected chi connectivity index (χ0v) is 7.38. The average Bonchev–Trinajstić information content (AvgIpc) is 2.05. The maximum atomic E-state index is 10.4. The maximum Gasteiger partial charge on any atom is 0.407 e. The van der Waals surface area contributed by atoms with Crippen molar-refractivity contribution >= 4 is 18.5 Å². The molecule has 0 bridgehead atoms. The molecule has 1 amide bonds. The molecule has 0 saturated carbocycles. The smallest absolute Gasteiger partial charge is 0.407 e. The third-order valence-electron chi connectivity index (χ3n) is 1.75. The highest BCUT2D eigenvalue weighted by molar-refractivity contribution is 5.85. The highest BCUT2D eigenvalue weighted by Crippen LogP contribution is 1.97. The average molecular weight is 197 g/mol. The van der Waals surface area contributed by atoms with Crippen LogP contribution in [0.2, 0.25) is 0 Å². The Hall–Kier alpha value is -0.520. The zero-order chi connectivity index (χ0) is 8.27. The third kappa shape index (κ3) is 2.84. The predicted molar refractivity (Wildman–Crippen MR) is 45.7 cm³/mol. The van der Waals surface area contributed by atoms with Gasteiger partial charge in [0.25, 0.3) is 0 Å². The van der Waals surface area contributed by atoms with E-state index >= 15 is 0 Å². The molecular weight excluding hydrogens is 184 g/mol. The minimum atomic E-state index is -0.912. The molecule has 1 aliphatic heterocycles. The van der Waals surface area contributed by atoms with Crippen LogP contribution in [0.5, 0.6) is 0 Å². The summed E-state index contributed by atoms with van der Waals surface area (Å²) in [4.78, 5) is 11.7. The van der Waals surface area contributed by atoms with Gasteiger partial charge in [0.2, 0.25) is 0 Å². The van der Waals surface area contributed by atoms with Crippen molar-refractivity contribution in [1.82, 2.24) is 10.2 Å². The molecule has 0 aromatic carbocycles. The van der Waals surface area contributed by atoms with Gasteiger partial charge in [-0.2, -0.15) is 0 Å². The van der Waals surface area contributed by atoms with Gasteiger partial charge in [0, 0.05) is 25.7 Å². The van der Waals surface area contributed by atoms with Crippen LogP contribution in [0.3, 0.4) is 0 Å². The van der Waals surface area contributed by atoms with Crippen LogP contribution in [0.4, 0.5) is 4.79 Å². The third-order valence-corrected chi connectivity index (χ3v) is 1.75. The number of carboxylic acid groups (broad SMARTS) is 1. The largest absolute Gasteiger partial charge is 0.465 e. The lowest BCUT2D eigenvalue weighted by atomic mass is 10.2. The lowest BCUT2D eigenvalue weighted by Gasteiger charge is -2.30. The van der Waals surface area contributed by atoms with E-state index in [1.165, 1.54) is 4.90 Å². The Labute approximate surface area is 76.8 Å². The number of halogens is 1. The number of nitrogens with one attached hydrogen (secondary N) is 1. The van der Waals surface area contributed by atoms with E-state index < -0.39 is 6.09 Å². The molecule has 0 aromatic heterocycles. The fourth-order valence-corrected chi connectivity index (χ4v) is 1.12. The zero-order valence-electron chi connectivity index (χ0n) is 6.56. The van der Waals surface area contributed by atoms with E-state index in [1.54, 1.807) is 0 Å². The second-order valence-corrected chi connectivity index (χ2v) is 2.56. The van der Waals surface area contributed by atoms with E-state index in [9.17, 15) is 4.79 Å². The summed E-state index contributed by atoms with van der Waals surface area (Å²) in [6.07, 6.45) is -0.912. The minimum absolute atomic E-state index is 0. The Kier molecular flexibility index (Phi) is 4.96. The number of rotatable bonds is 1. The van der Waals surface area contributed by atoms with Crippen molar-refractivity contribution in [3.05, 3.63) is 0 Å².